The van der Waals surface area contributed by atoms with Crippen LogP contribution >= 0.6 is 0 Å². The Morgan fingerprint density at radius 1 is 1.16 bits per heavy atom. The summed E-state index contributed by atoms with van der Waals surface area (Å²) in [6.45, 7) is 1.56. The van der Waals surface area contributed by atoms with Crippen LogP contribution in [-0.4, -0.2) is 34.0 Å². The molecular weight excluding hydrogens is 410 g/mol. The van der Waals surface area contributed by atoms with Crippen molar-refractivity contribution in [3.05, 3.63) is 76.5 Å². The molecule has 3 aromatic rings. The highest BCUT2D eigenvalue weighted by molar-refractivity contribution is 5.86. The van der Waals surface area contributed by atoms with E-state index in [9.17, 15) is 4.79 Å². The maximum Gasteiger partial charge on any atom is 0.328 e. The van der Waals surface area contributed by atoms with Gasteiger partial charge < -0.3 is 10.1 Å². The zero-order chi connectivity index (χ0) is 22.2. The second-order valence-corrected chi connectivity index (χ2v) is 8.93. The van der Waals surface area contributed by atoms with Crippen molar-refractivity contribution in [2.45, 2.75) is 38.1 Å². The number of rotatable bonds is 5. The highest BCUT2D eigenvalue weighted by Gasteiger charge is 2.36. The number of hydrogen-bond acceptors (Lipinski definition) is 2. The SMILES string of the molecule is O=C(O)/C=C/c1cc(F)c(C2c3[nH]c4ccccc4c3CCN2CC2CCCC2)c(F)c1. The quantitative estimate of drug-likeness (QED) is 0.506. The number of halogens is 2. The Labute approximate surface area is 185 Å². The highest BCUT2D eigenvalue weighted by atomic mass is 19.1. The van der Waals surface area contributed by atoms with E-state index in [4.69, 9.17) is 5.11 Å². The summed E-state index contributed by atoms with van der Waals surface area (Å²) in [5.74, 6) is -1.91. The van der Waals surface area contributed by atoms with Crippen LogP contribution in [0.1, 0.15) is 54.1 Å². The molecule has 0 radical (unpaired) electrons. The summed E-state index contributed by atoms with van der Waals surface area (Å²) in [4.78, 5) is 16.5. The molecule has 2 heterocycles. The van der Waals surface area contributed by atoms with E-state index in [1.165, 1.54) is 31.1 Å². The average molecular weight is 437 g/mol. The van der Waals surface area contributed by atoms with Crippen molar-refractivity contribution in [2.75, 3.05) is 13.1 Å². The molecule has 1 fully saturated rings. The fourth-order valence-corrected chi connectivity index (χ4v) is 5.47. The Balaban J connectivity index is 1.61. The summed E-state index contributed by atoms with van der Waals surface area (Å²) in [5, 5.41) is 9.94. The summed E-state index contributed by atoms with van der Waals surface area (Å²) < 4.78 is 30.8. The first kappa shape index (κ1) is 20.9. The number of nitrogens with one attached hydrogen (secondary N) is 1. The highest BCUT2D eigenvalue weighted by Crippen LogP contribution is 2.41. The summed E-state index contributed by atoms with van der Waals surface area (Å²) in [6.07, 6.45) is 7.69. The van der Waals surface area contributed by atoms with Gasteiger partial charge in [-0.1, -0.05) is 31.0 Å². The Bertz CT molecular complexity index is 1170. The van der Waals surface area contributed by atoms with Crippen LogP contribution in [0.5, 0.6) is 0 Å². The van der Waals surface area contributed by atoms with Gasteiger partial charge in [0.1, 0.15) is 11.6 Å². The molecule has 6 heteroatoms. The van der Waals surface area contributed by atoms with Crippen LogP contribution in [0, 0.1) is 17.6 Å². The maximum atomic E-state index is 15.4. The number of aromatic nitrogens is 1. The van der Waals surface area contributed by atoms with Crippen LogP contribution in [0.3, 0.4) is 0 Å². The molecule has 0 saturated heterocycles. The van der Waals surface area contributed by atoms with E-state index < -0.39 is 23.6 Å². The number of H-pyrrole nitrogens is 1. The summed E-state index contributed by atoms with van der Waals surface area (Å²) >= 11 is 0. The fourth-order valence-electron chi connectivity index (χ4n) is 5.47. The molecule has 2 aromatic carbocycles. The third-order valence-corrected chi connectivity index (χ3v) is 6.89. The van der Waals surface area contributed by atoms with E-state index in [0.717, 1.165) is 60.6 Å². The summed E-state index contributed by atoms with van der Waals surface area (Å²) in [7, 11) is 0. The molecule has 1 unspecified atom stereocenters. The van der Waals surface area contributed by atoms with Gasteiger partial charge in [0.2, 0.25) is 0 Å². The normalized spacial score (nSPS) is 19.8. The van der Waals surface area contributed by atoms with E-state index in [1.807, 2.05) is 18.2 Å². The minimum atomic E-state index is -1.16. The predicted molar refractivity (Wildman–Crippen MR) is 120 cm³/mol. The van der Waals surface area contributed by atoms with Crippen molar-refractivity contribution in [1.82, 2.24) is 9.88 Å². The summed E-state index contributed by atoms with van der Waals surface area (Å²) in [5.41, 5.74) is 3.19. The Kier molecular flexibility index (Phi) is 5.55. The van der Waals surface area contributed by atoms with E-state index in [-0.39, 0.29) is 11.1 Å². The van der Waals surface area contributed by atoms with Gasteiger partial charge in [-0.25, -0.2) is 13.6 Å². The van der Waals surface area contributed by atoms with E-state index in [0.29, 0.717) is 5.92 Å². The Morgan fingerprint density at radius 3 is 2.59 bits per heavy atom. The Hall–Kier alpha value is -2.99. The minimum absolute atomic E-state index is 0.0305. The van der Waals surface area contributed by atoms with Crippen molar-refractivity contribution in [3.8, 4) is 0 Å². The topological polar surface area (TPSA) is 56.3 Å². The van der Waals surface area contributed by atoms with Crippen molar-refractivity contribution < 1.29 is 18.7 Å². The molecule has 5 rings (SSSR count). The van der Waals surface area contributed by atoms with Gasteiger partial charge in [0.15, 0.2) is 0 Å². The zero-order valence-corrected chi connectivity index (χ0v) is 17.8. The third kappa shape index (κ3) is 3.84. The van der Waals surface area contributed by atoms with Gasteiger partial charge in [-0.15, -0.1) is 0 Å². The molecule has 1 aliphatic carbocycles. The molecule has 2 aliphatic rings. The van der Waals surface area contributed by atoms with Gasteiger partial charge in [0, 0.05) is 41.3 Å². The number of fused-ring (bicyclic) bond motifs is 3. The second kappa shape index (κ2) is 8.51. The largest absolute Gasteiger partial charge is 0.478 e. The van der Waals surface area contributed by atoms with E-state index >= 15 is 8.78 Å². The van der Waals surface area contributed by atoms with Crippen LogP contribution in [0.2, 0.25) is 0 Å². The molecule has 1 aromatic heterocycles. The van der Waals surface area contributed by atoms with Gasteiger partial charge in [0.05, 0.1) is 6.04 Å². The van der Waals surface area contributed by atoms with Crippen molar-refractivity contribution in [1.29, 1.82) is 0 Å². The number of benzene rings is 2. The van der Waals surface area contributed by atoms with Crippen molar-refractivity contribution in [3.63, 3.8) is 0 Å². The fraction of sp³-hybridized carbons (Fsp3) is 0.346. The average Bonchev–Trinajstić information content (AvgIpc) is 3.40. The molecule has 32 heavy (non-hydrogen) atoms. The molecular formula is C26H26F2N2O2. The molecule has 0 spiro atoms. The summed E-state index contributed by atoms with van der Waals surface area (Å²) in [6, 6.07) is 9.91. The van der Waals surface area contributed by atoms with Gasteiger partial charge in [0.25, 0.3) is 0 Å². The van der Waals surface area contributed by atoms with Gasteiger partial charge >= 0.3 is 5.97 Å². The van der Waals surface area contributed by atoms with Gasteiger partial charge in [-0.05, 0) is 60.6 Å². The van der Waals surface area contributed by atoms with Gasteiger partial charge in [-0.3, -0.25) is 4.90 Å². The number of nitrogens with zero attached hydrogens (tertiary/aromatic N) is 1. The number of hydrogen-bond donors (Lipinski definition) is 2. The number of carboxylic acid groups (broad SMARTS) is 1. The van der Waals surface area contributed by atoms with Crippen molar-refractivity contribution >= 4 is 22.9 Å². The van der Waals surface area contributed by atoms with Gasteiger partial charge in [-0.2, -0.15) is 0 Å². The first-order chi connectivity index (χ1) is 15.5. The second-order valence-electron chi connectivity index (χ2n) is 8.93. The Morgan fingerprint density at radius 2 is 1.88 bits per heavy atom. The zero-order valence-electron chi connectivity index (χ0n) is 17.8. The van der Waals surface area contributed by atoms with Crippen molar-refractivity contribution in [2.24, 2.45) is 5.92 Å². The number of para-hydroxylation sites is 1. The molecule has 0 bridgehead atoms. The first-order valence-corrected chi connectivity index (χ1v) is 11.2. The lowest BCUT2D eigenvalue weighted by molar-refractivity contribution is -0.131. The lowest BCUT2D eigenvalue weighted by Gasteiger charge is -2.38. The smallest absolute Gasteiger partial charge is 0.328 e. The first-order valence-electron chi connectivity index (χ1n) is 11.2. The van der Waals surface area contributed by atoms with Crippen LogP contribution in [0.4, 0.5) is 8.78 Å². The lowest BCUT2D eigenvalue weighted by Crippen LogP contribution is -2.39. The number of carbonyl (C=O) groups is 1. The third-order valence-electron chi connectivity index (χ3n) is 6.89. The lowest BCUT2D eigenvalue weighted by atomic mass is 9.90. The molecule has 2 N–H and O–H groups in total. The molecule has 1 aliphatic heterocycles. The predicted octanol–water partition coefficient (Wildman–Crippen LogP) is 5.68. The minimum Gasteiger partial charge on any atom is -0.478 e. The molecule has 0 amide bonds. The van der Waals surface area contributed by atoms with E-state index in [2.05, 4.69) is 16.0 Å². The number of aliphatic carboxylic acids is 1. The maximum absolute atomic E-state index is 15.4. The van der Waals surface area contributed by atoms with Crippen LogP contribution in [0.25, 0.3) is 17.0 Å². The number of aromatic amines is 1. The molecule has 1 saturated carbocycles. The van der Waals surface area contributed by atoms with Crippen LogP contribution < -0.4 is 0 Å². The molecule has 166 valence electrons. The van der Waals surface area contributed by atoms with Crippen LogP contribution in [0.15, 0.2) is 42.5 Å². The van der Waals surface area contributed by atoms with Crippen LogP contribution in [-0.2, 0) is 11.2 Å². The van der Waals surface area contributed by atoms with E-state index in [1.54, 1.807) is 0 Å². The monoisotopic (exact) mass is 436 g/mol. The molecule has 1 atom stereocenters. The molecule has 4 nitrogen and oxygen atoms in total. The number of carboxylic acids is 1. The standard InChI is InChI=1S/C26H26F2N2O2/c27-20-13-17(9-10-23(31)32)14-21(28)24(20)26-25-19(18-7-3-4-8-22(18)29-25)11-12-30(26)15-16-5-1-2-6-16/h3-4,7-10,13-14,16,26,29H,1-2,5-6,11-12,15H2,(H,31,32)/b10-9+.